The molecule has 0 radical (unpaired) electrons. The molecule has 31 heavy (non-hydrogen) atoms. The predicted octanol–water partition coefficient (Wildman–Crippen LogP) is 4.59. The van der Waals surface area contributed by atoms with Crippen molar-refractivity contribution >= 4 is 29.1 Å². The van der Waals surface area contributed by atoms with Crippen molar-refractivity contribution in [2.24, 2.45) is 0 Å². The number of aromatic nitrogens is 2. The van der Waals surface area contributed by atoms with Crippen molar-refractivity contribution in [3.63, 3.8) is 0 Å². The van der Waals surface area contributed by atoms with Gasteiger partial charge in [-0.05, 0) is 63.3 Å². The molecule has 2 saturated carbocycles. The van der Waals surface area contributed by atoms with Gasteiger partial charge in [-0.2, -0.15) is 5.10 Å². The van der Waals surface area contributed by atoms with E-state index in [1.54, 1.807) is 15.6 Å². The highest BCUT2D eigenvalue weighted by Crippen LogP contribution is 2.42. The van der Waals surface area contributed by atoms with Gasteiger partial charge in [0.15, 0.2) is 0 Å². The Morgan fingerprint density at radius 2 is 1.90 bits per heavy atom. The van der Waals surface area contributed by atoms with Crippen LogP contribution in [0.1, 0.15) is 79.5 Å². The van der Waals surface area contributed by atoms with Gasteiger partial charge in [-0.25, -0.2) is 0 Å². The summed E-state index contributed by atoms with van der Waals surface area (Å²) in [6.45, 7) is 4.12. The number of hydrogen-bond donors (Lipinski definition) is 1. The lowest BCUT2D eigenvalue weighted by molar-refractivity contribution is -0.127. The van der Waals surface area contributed by atoms with Gasteiger partial charge in [-0.15, -0.1) is 0 Å². The SMILES string of the molecule is Cc1ccc(Cl)cc1N1C(=O)c2cc(C3CC3)nn2CC1(C)C(=O)NC1CCCCC1. The van der Waals surface area contributed by atoms with E-state index >= 15 is 0 Å². The molecule has 1 N–H and O–H groups in total. The number of halogens is 1. The third kappa shape index (κ3) is 3.65. The van der Waals surface area contributed by atoms with Crippen molar-refractivity contribution < 1.29 is 9.59 Å². The van der Waals surface area contributed by atoms with Crippen LogP contribution in [-0.2, 0) is 11.3 Å². The molecule has 2 aromatic rings. The van der Waals surface area contributed by atoms with Crippen LogP contribution in [0.3, 0.4) is 0 Å². The number of carbonyl (C=O) groups is 2. The summed E-state index contributed by atoms with van der Waals surface area (Å²) < 4.78 is 1.74. The third-order valence-electron chi connectivity index (χ3n) is 7.01. The van der Waals surface area contributed by atoms with Crippen molar-refractivity contribution in [3.8, 4) is 0 Å². The first kappa shape index (κ1) is 20.6. The van der Waals surface area contributed by atoms with Crippen molar-refractivity contribution in [2.75, 3.05) is 4.90 Å². The largest absolute Gasteiger partial charge is 0.351 e. The summed E-state index contributed by atoms with van der Waals surface area (Å²) in [6.07, 6.45) is 7.69. The van der Waals surface area contributed by atoms with Gasteiger partial charge in [0.2, 0.25) is 5.91 Å². The topological polar surface area (TPSA) is 67.2 Å². The summed E-state index contributed by atoms with van der Waals surface area (Å²) in [6, 6.07) is 7.56. The summed E-state index contributed by atoms with van der Waals surface area (Å²) in [7, 11) is 0. The number of nitrogens with zero attached hydrogens (tertiary/aromatic N) is 3. The Kier molecular flexibility index (Phi) is 5.08. The number of aryl methyl sites for hydroxylation is 1. The van der Waals surface area contributed by atoms with E-state index < -0.39 is 5.54 Å². The molecule has 3 aliphatic rings. The third-order valence-corrected chi connectivity index (χ3v) is 7.24. The van der Waals surface area contributed by atoms with Crippen LogP contribution in [0.4, 0.5) is 5.69 Å². The minimum absolute atomic E-state index is 0.124. The molecule has 0 saturated heterocycles. The molecule has 2 amide bonds. The number of amides is 2. The van der Waals surface area contributed by atoms with E-state index in [2.05, 4.69) is 5.32 Å². The highest BCUT2D eigenvalue weighted by molar-refractivity contribution is 6.31. The number of benzene rings is 1. The number of anilines is 1. The fraction of sp³-hybridized carbons (Fsp3) is 0.542. The summed E-state index contributed by atoms with van der Waals surface area (Å²) in [4.78, 5) is 29.1. The van der Waals surface area contributed by atoms with E-state index in [-0.39, 0.29) is 17.9 Å². The molecular formula is C24H29ClN4O2. The van der Waals surface area contributed by atoms with Crippen LogP contribution in [0.5, 0.6) is 0 Å². The second kappa shape index (κ2) is 7.66. The zero-order valence-corrected chi connectivity index (χ0v) is 18.9. The van der Waals surface area contributed by atoms with Crippen LogP contribution in [0.25, 0.3) is 0 Å². The number of nitrogens with one attached hydrogen (secondary N) is 1. The maximum Gasteiger partial charge on any atom is 0.277 e. The predicted molar refractivity (Wildman–Crippen MR) is 121 cm³/mol. The molecule has 6 nitrogen and oxygen atoms in total. The van der Waals surface area contributed by atoms with Crippen molar-refractivity contribution in [1.29, 1.82) is 0 Å². The fourth-order valence-corrected chi connectivity index (χ4v) is 5.14. The molecule has 164 valence electrons. The molecule has 2 fully saturated rings. The minimum atomic E-state index is -1.09. The molecule has 1 unspecified atom stereocenters. The van der Waals surface area contributed by atoms with Gasteiger partial charge < -0.3 is 5.32 Å². The Bertz CT molecular complexity index is 1040. The molecule has 7 heteroatoms. The summed E-state index contributed by atoms with van der Waals surface area (Å²) >= 11 is 6.31. The van der Waals surface area contributed by atoms with Crippen molar-refractivity contribution in [1.82, 2.24) is 15.1 Å². The fourth-order valence-electron chi connectivity index (χ4n) is 4.97. The van der Waals surface area contributed by atoms with Crippen LogP contribution < -0.4 is 10.2 Å². The van der Waals surface area contributed by atoms with E-state index in [9.17, 15) is 9.59 Å². The molecule has 2 aliphatic carbocycles. The average Bonchev–Trinajstić information content (AvgIpc) is 3.51. The summed E-state index contributed by atoms with van der Waals surface area (Å²) in [5.74, 6) is 0.119. The Labute approximate surface area is 187 Å². The monoisotopic (exact) mass is 440 g/mol. The highest BCUT2D eigenvalue weighted by atomic mass is 35.5. The molecule has 0 bridgehead atoms. The second-order valence-corrected chi connectivity index (χ2v) is 9.98. The zero-order chi connectivity index (χ0) is 21.8. The molecule has 0 spiro atoms. The summed E-state index contributed by atoms with van der Waals surface area (Å²) in [5.41, 5.74) is 2.00. The quantitative estimate of drug-likeness (QED) is 0.756. The van der Waals surface area contributed by atoms with E-state index in [0.29, 0.717) is 28.9 Å². The van der Waals surface area contributed by atoms with E-state index in [0.717, 1.165) is 49.8 Å². The van der Waals surface area contributed by atoms with Gasteiger partial charge in [0.05, 0.1) is 12.2 Å². The maximum atomic E-state index is 13.8. The summed E-state index contributed by atoms with van der Waals surface area (Å²) in [5, 5.41) is 8.51. The Morgan fingerprint density at radius 1 is 1.16 bits per heavy atom. The minimum Gasteiger partial charge on any atom is -0.351 e. The molecule has 1 aromatic heterocycles. The lowest BCUT2D eigenvalue weighted by atomic mass is 9.90. The molecular weight excluding hydrogens is 412 g/mol. The van der Waals surface area contributed by atoms with Gasteiger partial charge in [0.25, 0.3) is 5.91 Å². The molecule has 1 aromatic carbocycles. The van der Waals surface area contributed by atoms with E-state index in [1.165, 1.54) is 6.42 Å². The first-order valence-corrected chi connectivity index (χ1v) is 11.7. The van der Waals surface area contributed by atoms with Crippen LogP contribution in [0.2, 0.25) is 5.02 Å². The van der Waals surface area contributed by atoms with Gasteiger partial charge >= 0.3 is 0 Å². The van der Waals surface area contributed by atoms with Crippen molar-refractivity contribution in [2.45, 2.75) is 82.8 Å². The number of hydrogen-bond acceptors (Lipinski definition) is 3. The lowest BCUT2D eigenvalue weighted by Crippen LogP contribution is -2.65. The van der Waals surface area contributed by atoms with Crippen LogP contribution >= 0.6 is 11.6 Å². The Balaban J connectivity index is 1.57. The van der Waals surface area contributed by atoms with Gasteiger partial charge in [-0.3, -0.25) is 19.2 Å². The maximum absolute atomic E-state index is 13.8. The second-order valence-electron chi connectivity index (χ2n) is 9.54. The lowest BCUT2D eigenvalue weighted by Gasteiger charge is -2.44. The van der Waals surface area contributed by atoms with Gasteiger partial charge in [0, 0.05) is 22.7 Å². The molecule has 1 atom stereocenters. The van der Waals surface area contributed by atoms with Crippen LogP contribution in [-0.4, -0.2) is 33.2 Å². The highest BCUT2D eigenvalue weighted by Gasteiger charge is 2.50. The number of fused-ring (bicyclic) bond motifs is 1. The van der Waals surface area contributed by atoms with Gasteiger partial charge in [0.1, 0.15) is 11.2 Å². The van der Waals surface area contributed by atoms with E-state index in [4.69, 9.17) is 16.7 Å². The number of carbonyl (C=O) groups excluding carboxylic acids is 2. The molecule has 2 heterocycles. The Hall–Kier alpha value is -2.34. The smallest absolute Gasteiger partial charge is 0.277 e. The normalized spacial score (nSPS) is 24.2. The molecule has 5 rings (SSSR count). The molecule has 1 aliphatic heterocycles. The van der Waals surface area contributed by atoms with Gasteiger partial charge in [-0.1, -0.05) is 36.9 Å². The van der Waals surface area contributed by atoms with Crippen molar-refractivity contribution in [3.05, 3.63) is 46.2 Å². The zero-order valence-electron chi connectivity index (χ0n) is 18.2. The first-order chi connectivity index (χ1) is 14.9. The number of rotatable bonds is 4. The average molecular weight is 441 g/mol. The van der Waals surface area contributed by atoms with E-state index in [1.807, 2.05) is 32.0 Å². The standard InChI is InChI=1S/C24H29ClN4O2/c1-15-8-11-17(25)12-20(15)29-22(30)21-13-19(16-9-10-16)27-28(21)14-24(29,2)23(31)26-18-6-4-3-5-7-18/h8,11-13,16,18H,3-7,9-10,14H2,1-2H3,(H,26,31). The first-order valence-electron chi connectivity index (χ1n) is 11.4. The van der Waals surface area contributed by atoms with Crippen LogP contribution in [0, 0.1) is 6.92 Å². The Morgan fingerprint density at radius 3 is 2.61 bits per heavy atom. The van der Waals surface area contributed by atoms with Crippen LogP contribution in [0.15, 0.2) is 24.3 Å².